The van der Waals surface area contributed by atoms with E-state index in [1.54, 1.807) is 18.0 Å². The number of aromatic amines is 1. The third kappa shape index (κ3) is 2.97. The van der Waals surface area contributed by atoms with Crippen LogP contribution in [0.1, 0.15) is 0 Å². The maximum absolute atomic E-state index is 5.88. The van der Waals surface area contributed by atoms with Crippen LogP contribution in [0.5, 0.6) is 0 Å². The van der Waals surface area contributed by atoms with Crippen molar-refractivity contribution < 1.29 is 0 Å². The summed E-state index contributed by atoms with van der Waals surface area (Å²) in [5.74, 6) is 0. The van der Waals surface area contributed by atoms with Crippen molar-refractivity contribution in [2.24, 2.45) is 0 Å². The summed E-state index contributed by atoms with van der Waals surface area (Å²) in [5.41, 5.74) is 2.32. The van der Waals surface area contributed by atoms with Crippen LogP contribution >= 0.6 is 23.4 Å². The van der Waals surface area contributed by atoms with Crippen molar-refractivity contribution in [1.29, 1.82) is 0 Å². The summed E-state index contributed by atoms with van der Waals surface area (Å²) in [6.45, 7) is 0. The van der Waals surface area contributed by atoms with Crippen LogP contribution in [0.15, 0.2) is 64.6 Å². The molecule has 0 fully saturated rings. The van der Waals surface area contributed by atoms with Crippen LogP contribution in [-0.4, -0.2) is 15.4 Å². The minimum absolute atomic E-state index is 0.752. The first-order chi connectivity index (χ1) is 9.31. The SMILES string of the molecule is Clc1ccc(-c2ccc(Sc3c[nH]nn3)cc2)cc1. The Kier molecular flexibility index (Phi) is 3.53. The maximum atomic E-state index is 5.88. The van der Waals surface area contributed by atoms with E-state index in [1.807, 2.05) is 24.3 Å². The highest BCUT2D eigenvalue weighted by atomic mass is 35.5. The average Bonchev–Trinajstić information content (AvgIpc) is 2.94. The van der Waals surface area contributed by atoms with Gasteiger partial charge in [-0.05, 0) is 35.4 Å². The molecule has 0 saturated carbocycles. The van der Waals surface area contributed by atoms with Gasteiger partial charge < -0.3 is 0 Å². The molecule has 0 aliphatic rings. The third-order valence-corrected chi connectivity index (χ3v) is 3.82. The van der Waals surface area contributed by atoms with Gasteiger partial charge in [0.05, 0.1) is 6.20 Å². The average molecular weight is 288 g/mol. The molecule has 0 unspecified atom stereocenters. The molecule has 94 valence electrons. The largest absolute Gasteiger partial charge is 0.264 e. The molecular formula is C14H10ClN3S. The highest BCUT2D eigenvalue weighted by molar-refractivity contribution is 7.99. The Balaban J connectivity index is 1.80. The van der Waals surface area contributed by atoms with Gasteiger partial charge in [-0.2, -0.15) is 0 Å². The number of nitrogens with zero attached hydrogens (tertiary/aromatic N) is 2. The quantitative estimate of drug-likeness (QED) is 0.782. The lowest BCUT2D eigenvalue weighted by atomic mass is 10.1. The maximum Gasteiger partial charge on any atom is 0.143 e. The van der Waals surface area contributed by atoms with Crippen molar-refractivity contribution in [3.8, 4) is 11.1 Å². The second-order valence-corrected chi connectivity index (χ2v) is 5.48. The fraction of sp³-hybridized carbons (Fsp3) is 0. The molecule has 1 heterocycles. The van der Waals surface area contributed by atoms with E-state index >= 15 is 0 Å². The molecule has 0 saturated heterocycles. The van der Waals surface area contributed by atoms with Gasteiger partial charge in [-0.25, -0.2) is 0 Å². The molecule has 0 bridgehead atoms. The van der Waals surface area contributed by atoms with Gasteiger partial charge in [0, 0.05) is 9.92 Å². The minimum atomic E-state index is 0.752. The molecule has 2 aromatic carbocycles. The molecule has 19 heavy (non-hydrogen) atoms. The smallest absolute Gasteiger partial charge is 0.143 e. The molecule has 0 amide bonds. The van der Waals surface area contributed by atoms with Crippen molar-refractivity contribution in [2.45, 2.75) is 9.92 Å². The Morgan fingerprint density at radius 1 is 0.895 bits per heavy atom. The van der Waals surface area contributed by atoms with Crippen molar-refractivity contribution in [3.05, 3.63) is 59.8 Å². The first-order valence-corrected chi connectivity index (χ1v) is 6.91. The van der Waals surface area contributed by atoms with Crippen LogP contribution in [0.2, 0.25) is 5.02 Å². The topological polar surface area (TPSA) is 41.6 Å². The number of nitrogens with one attached hydrogen (secondary N) is 1. The van der Waals surface area contributed by atoms with E-state index < -0.39 is 0 Å². The van der Waals surface area contributed by atoms with Crippen LogP contribution < -0.4 is 0 Å². The van der Waals surface area contributed by atoms with Crippen LogP contribution in [0.25, 0.3) is 11.1 Å². The summed E-state index contributed by atoms with van der Waals surface area (Å²) < 4.78 is 0. The Labute approximate surface area is 120 Å². The molecule has 0 aliphatic carbocycles. The molecule has 1 aromatic heterocycles. The summed E-state index contributed by atoms with van der Waals surface area (Å²) in [6, 6.07) is 16.2. The second kappa shape index (κ2) is 5.47. The van der Waals surface area contributed by atoms with E-state index in [0.29, 0.717) is 0 Å². The fourth-order valence-corrected chi connectivity index (χ4v) is 2.55. The zero-order valence-electron chi connectivity index (χ0n) is 9.88. The number of benzene rings is 2. The lowest BCUT2D eigenvalue weighted by molar-refractivity contribution is 0.911. The first-order valence-electron chi connectivity index (χ1n) is 5.71. The molecule has 3 nitrogen and oxygen atoms in total. The van der Waals surface area contributed by atoms with Gasteiger partial charge in [0.1, 0.15) is 5.03 Å². The van der Waals surface area contributed by atoms with E-state index in [2.05, 4.69) is 39.7 Å². The van der Waals surface area contributed by atoms with Crippen molar-refractivity contribution >= 4 is 23.4 Å². The van der Waals surface area contributed by atoms with Gasteiger partial charge in [-0.15, -0.1) is 5.10 Å². The van der Waals surface area contributed by atoms with Crippen molar-refractivity contribution in [2.75, 3.05) is 0 Å². The van der Waals surface area contributed by atoms with E-state index in [9.17, 15) is 0 Å². The summed E-state index contributed by atoms with van der Waals surface area (Å²) in [7, 11) is 0. The van der Waals surface area contributed by atoms with Gasteiger partial charge in [0.15, 0.2) is 0 Å². The van der Waals surface area contributed by atoms with Gasteiger partial charge in [0.25, 0.3) is 0 Å². The van der Waals surface area contributed by atoms with Gasteiger partial charge >= 0.3 is 0 Å². The molecule has 0 radical (unpaired) electrons. The summed E-state index contributed by atoms with van der Waals surface area (Å²) in [5, 5.41) is 11.9. The summed E-state index contributed by atoms with van der Waals surface area (Å²) >= 11 is 7.46. The zero-order chi connectivity index (χ0) is 13.1. The Morgan fingerprint density at radius 2 is 1.53 bits per heavy atom. The standard InChI is InChI=1S/C14H10ClN3S/c15-12-5-1-10(2-6-12)11-3-7-13(8-4-11)19-14-9-16-18-17-14/h1-9H,(H,16,17,18). The molecule has 5 heteroatoms. The summed E-state index contributed by atoms with van der Waals surface area (Å²) in [4.78, 5) is 1.13. The lowest BCUT2D eigenvalue weighted by Crippen LogP contribution is -1.78. The Hall–Kier alpha value is -1.78. The van der Waals surface area contributed by atoms with E-state index in [4.69, 9.17) is 11.6 Å². The number of halogens is 1. The van der Waals surface area contributed by atoms with E-state index in [-0.39, 0.29) is 0 Å². The Bertz CT molecular complexity index is 648. The third-order valence-electron chi connectivity index (χ3n) is 2.65. The van der Waals surface area contributed by atoms with Gasteiger partial charge in [-0.3, -0.25) is 5.10 Å². The second-order valence-electron chi connectivity index (χ2n) is 3.95. The minimum Gasteiger partial charge on any atom is -0.264 e. The van der Waals surface area contributed by atoms with E-state index in [1.165, 1.54) is 5.56 Å². The van der Waals surface area contributed by atoms with Crippen LogP contribution in [-0.2, 0) is 0 Å². The van der Waals surface area contributed by atoms with Crippen LogP contribution in [0.3, 0.4) is 0 Å². The Morgan fingerprint density at radius 3 is 2.11 bits per heavy atom. The van der Waals surface area contributed by atoms with Crippen molar-refractivity contribution in [1.82, 2.24) is 15.4 Å². The molecule has 1 N–H and O–H groups in total. The van der Waals surface area contributed by atoms with Crippen LogP contribution in [0.4, 0.5) is 0 Å². The molecule has 3 rings (SSSR count). The number of rotatable bonds is 3. The monoisotopic (exact) mass is 287 g/mol. The van der Waals surface area contributed by atoms with E-state index in [0.717, 1.165) is 20.5 Å². The molecule has 0 aliphatic heterocycles. The zero-order valence-corrected chi connectivity index (χ0v) is 11.4. The van der Waals surface area contributed by atoms with Crippen molar-refractivity contribution in [3.63, 3.8) is 0 Å². The highest BCUT2D eigenvalue weighted by Gasteiger charge is 2.01. The number of hydrogen-bond acceptors (Lipinski definition) is 3. The number of hydrogen-bond donors (Lipinski definition) is 1. The molecular weight excluding hydrogens is 278 g/mol. The molecule has 3 aromatic rings. The number of aromatic nitrogens is 3. The number of H-pyrrole nitrogens is 1. The lowest BCUT2D eigenvalue weighted by Gasteiger charge is -2.03. The van der Waals surface area contributed by atoms with Crippen LogP contribution in [0, 0.1) is 0 Å². The predicted octanol–water partition coefficient (Wildman–Crippen LogP) is 4.28. The molecule has 0 spiro atoms. The van der Waals surface area contributed by atoms with Gasteiger partial charge in [-0.1, -0.05) is 52.8 Å². The highest BCUT2D eigenvalue weighted by Crippen LogP contribution is 2.28. The normalized spacial score (nSPS) is 10.6. The first kappa shape index (κ1) is 12.3. The molecule has 0 atom stereocenters. The predicted molar refractivity (Wildman–Crippen MR) is 77.4 cm³/mol. The van der Waals surface area contributed by atoms with Gasteiger partial charge in [0.2, 0.25) is 0 Å². The fourth-order valence-electron chi connectivity index (χ4n) is 1.72. The summed E-state index contributed by atoms with van der Waals surface area (Å²) in [6.07, 6.45) is 1.78.